The number of aromatic amines is 2. The zero-order chi connectivity index (χ0) is 26.2. The fourth-order valence-electron chi connectivity index (χ4n) is 6.77. The van der Waals surface area contributed by atoms with E-state index in [4.69, 9.17) is 10.7 Å². The van der Waals surface area contributed by atoms with Crippen molar-refractivity contribution >= 4 is 33.3 Å². The Morgan fingerprint density at radius 2 is 1.47 bits per heavy atom. The smallest absolute Gasteiger partial charge is 0.261 e. The van der Waals surface area contributed by atoms with Crippen molar-refractivity contribution < 1.29 is 0 Å². The quantitative estimate of drug-likeness (QED) is 0.254. The number of nitrogens with zero attached hydrogens (tertiary/aromatic N) is 2. The molecule has 0 atom stereocenters. The van der Waals surface area contributed by atoms with Crippen LogP contribution in [0.25, 0.3) is 33.3 Å². The Morgan fingerprint density at radius 1 is 0.842 bits per heavy atom. The molecule has 0 saturated heterocycles. The second-order valence-electron chi connectivity index (χ2n) is 11.9. The van der Waals surface area contributed by atoms with Gasteiger partial charge in [0.05, 0.1) is 22.2 Å². The maximum atomic E-state index is 13.2. The van der Waals surface area contributed by atoms with Gasteiger partial charge in [0.1, 0.15) is 11.4 Å². The molecule has 0 unspecified atom stereocenters. The molecule has 2 aromatic heterocycles. The van der Waals surface area contributed by atoms with Gasteiger partial charge in [0.25, 0.3) is 5.56 Å². The van der Waals surface area contributed by atoms with Crippen LogP contribution in [-0.2, 0) is 0 Å². The molecule has 2 fully saturated rings. The summed E-state index contributed by atoms with van der Waals surface area (Å²) in [7, 11) is 0. The fourth-order valence-corrected chi connectivity index (χ4v) is 6.77. The lowest BCUT2D eigenvalue weighted by Crippen LogP contribution is -2.35. The van der Waals surface area contributed by atoms with Crippen molar-refractivity contribution in [1.82, 2.24) is 15.0 Å². The summed E-state index contributed by atoms with van der Waals surface area (Å²) in [5, 5.41) is 0.891. The normalized spacial score (nSPS) is 17.4. The molecule has 4 N–H and O–H groups in total. The zero-order valence-electron chi connectivity index (χ0n) is 22.9. The first-order valence-electron chi connectivity index (χ1n) is 14.6. The third-order valence-electron chi connectivity index (χ3n) is 9.14. The molecule has 0 aliphatic heterocycles. The van der Waals surface area contributed by atoms with Crippen LogP contribution < -0.4 is 16.2 Å². The first-order valence-corrected chi connectivity index (χ1v) is 14.6. The summed E-state index contributed by atoms with van der Waals surface area (Å²) in [6, 6.07) is 10.6. The van der Waals surface area contributed by atoms with Crippen molar-refractivity contribution in [3.63, 3.8) is 0 Å². The maximum absolute atomic E-state index is 13.2. The van der Waals surface area contributed by atoms with Crippen LogP contribution in [0.3, 0.4) is 0 Å². The number of rotatable bonds is 6. The van der Waals surface area contributed by atoms with Crippen LogP contribution in [-0.4, -0.2) is 28.0 Å². The Labute approximate surface area is 225 Å². The van der Waals surface area contributed by atoms with Gasteiger partial charge in [-0.05, 0) is 92.8 Å². The predicted molar refractivity (Wildman–Crippen MR) is 159 cm³/mol. The number of fused-ring (bicyclic) bond motifs is 2. The van der Waals surface area contributed by atoms with E-state index in [-0.39, 0.29) is 5.56 Å². The number of anilines is 2. The summed E-state index contributed by atoms with van der Waals surface area (Å²) in [4.78, 5) is 27.0. The molecule has 6 heteroatoms. The van der Waals surface area contributed by atoms with E-state index in [2.05, 4.69) is 53.0 Å². The van der Waals surface area contributed by atoms with E-state index in [1.165, 1.54) is 81.0 Å². The third-order valence-corrected chi connectivity index (χ3v) is 9.14. The topological polar surface area (TPSA) is 90.8 Å². The van der Waals surface area contributed by atoms with E-state index < -0.39 is 0 Å². The number of nitrogen functional groups attached to an aromatic ring is 1. The highest BCUT2D eigenvalue weighted by Crippen LogP contribution is 2.34. The molecule has 200 valence electrons. The van der Waals surface area contributed by atoms with E-state index in [9.17, 15) is 4.79 Å². The van der Waals surface area contributed by atoms with Crippen LogP contribution in [0, 0.1) is 25.7 Å². The first kappa shape index (κ1) is 25.0. The van der Waals surface area contributed by atoms with Gasteiger partial charge in [0.15, 0.2) is 0 Å². The highest BCUT2D eigenvalue weighted by atomic mass is 16.1. The lowest BCUT2D eigenvalue weighted by atomic mass is 9.86. The second kappa shape index (κ2) is 10.5. The third kappa shape index (κ3) is 4.93. The van der Waals surface area contributed by atoms with Crippen LogP contribution in [0.5, 0.6) is 0 Å². The summed E-state index contributed by atoms with van der Waals surface area (Å²) < 4.78 is 0. The minimum absolute atomic E-state index is 0.212. The summed E-state index contributed by atoms with van der Waals surface area (Å²) in [5.41, 5.74) is 13.6. The number of hydrogen-bond donors (Lipinski definition) is 3. The molecule has 2 heterocycles. The summed E-state index contributed by atoms with van der Waals surface area (Å²) in [6.45, 7) is 6.38. The van der Waals surface area contributed by atoms with Crippen molar-refractivity contribution in [3.8, 4) is 11.4 Å². The molecular formula is C32H41N5O. The van der Waals surface area contributed by atoms with Gasteiger partial charge in [-0.15, -0.1) is 0 Å². The summed E-state index contributed by atoms with van der Waals surface area (Å²) in [5.74, 6) is 2.04. The molecule has 38 heavy (non-hydrogen) atoms. The van der Waals surface area contributed by atoms with Crippen molar-refractivity contribution in [2.24, 2.45) is 11.8 Å². The van der Waals surface area contributed by atoms with Gasteiger partial charge < -0.3 is 20.6 Å². The van der Waals surface area contributed by atoms with Crippen LogP contribution in [0.15, 0.2) is 35.1 Å². The number of hydrogen-bond acceptors (Lipinski definition) is 4. The van der Waals surface area contributed by atoms with Crippen molar-refractivity contribution in [1.29, 1.82) is 0 Å². The summed E-state index contributed by atoms with van der Waals surface area (Å²) in [6.07, 6.45) is 13.5. The number of imidazole rings is 1. The number of aromatic nitrogens is 3. The maximum Gasteiger partial charge on any atom is 0.261 e. The number of nitrogens with two attached hydrogens (primary N) is 1. The highest BCUT2D eigenvalue weighted by Gasteiger charge is 2.23. The van der Waals surface area contributed by atoms with Gasteiger partial charge in [-0.3, -0.25) is 4.79 Å². The predicted octanol–water partition coefficient (Wildman–Crippen LogP) is 7.24. The van der Waals surface area contributed by atoms with E-state index in [0.717, 1.165) is 46.9 Å². The standard InChI is InChI=1S/C32H41N5O/c1-20-15-27-28(16-21(20)2)35-31(34-27)29-30(33)25-17-24(13-14-26(25)36-32(29)38)37(18-22-9-5-3-6-10-22)19-23-11-7-4-8-12-23/h13-17,22-23H,3-12,18-19H2,1-2H3,(H,34,35)(H3,33,36,38). The average molecular weight is 512 g/mol. The first-order chi connectivity index (χ1) is 18.5. The number of benzene rings is 2. The lowest BCUT2D eigenvalue weighted by molar-refractivity contribution is 0.327. The number of nitrogens with one attached hydrogen (secondary N) is 2. The van der Waals surface area contributed by atoms with Gasteiger partial charge in [0.2, 0.25) is 0 Å². The Morgan fingerprint density at radius 3 is 2.13 bits per heavy atom. The molecule has 2 aliphatic carbocycles. The molecule has 4 aromatic rings. The number of pyridine rings is 1. The second-order valence-corrected chi connectivity index (χ2v) is 11.9. The Balaban J connectivity index is 1.39. The Hall–Kier alpha value is -3.28. The van der Waals surface area contributed by atoms with E-state index in [1.807, 2.05) is 6.07 Å². The highest BCUT2D eigenvalue weighted by molar-refractivity contribution is 5.99. The SMILES string of the molecule is Cc1cc2nc(-c3c(N)c4cc(N(CC5CCCCC5)CC5CCCCC5)ccc4[nH]c3=O)[nH]c2cc1C. The zero-order valence-corrected chi connectivity index (χ0v) is 22.9. The molecular weight excluding hydrogens is 470 g/mol. The summed E-state index contributed by atoms with van der Waals surface area (Å²) >= 11 is 0. The Kier molecular flexibility index (Phi) is 6.89. The average Bonchev–Trinajstić information content (AvgIpc) is 3.31. The fraction of sp³-hybridized carbons (Fsp3) is 0.500. The monoisotopic (exact) mass is 511 g/mol. The minimum atomic E-state index is -0.212. The number of aryl methyl sites for hydroxylation is 2. The number of H-pyrrole nitrogens is 2. The van der Waals surface area contributed by atoms with Gasteiger partial charge in [0, 0.05) is 24.2 Å². The van der Waals surface area contributed by atoms with E-state index in [1.54, 1.807) is 0 Å². The van der Waals surface area contributed by atoms with Crippen molar-refractivity contribution in [2.45, 2.75) is 78.1 Å². The molecule has 0 spiro atoms. The molecule has 0 amide bonds. The molecule has 6 rings (SSSR count). The van der Waals surface area contributed by atoms with Gasteiger partial charge >= 0.3 is 0 Å². The molecule has 2 aromatic carbocycles. The van der Waals surface area contributed by atoms with Crippen LogP contribution in [0.4, 0.5) is 11.4 Å². The van der Waals surface area contributed by atoms with Gasteiger partial charge in [-0.2, -0.15) is 0 Å². The molecule has 2 aliphatic rings. The molecule has 2 saturated carbocycles. The van der Waals surface area contributed by atoms with Gasteiger partial charge in [-0.25, -0.2) is 4.98 Å². The lowest BCUT2D eigenvalue weighted by Gasteiger charge is -2.35. The molecule has 0 bridgehead atoms. The van der Waals surface area contributed by atoms with Crippen molar-refractivity contribution in [3.05, 3.63) is 51.8 Å². The van der Waals surface area contributed by atoms with Crippen LogP contribution in [0.1, 0.15) is 75.3 Å². The largest absolute Gasteiger partial charge is 0.397 e. The molecule has 0 radical (unpaired) electrons. The minimum Gasteiger partial charge on any atom is -0.397 e. The molecule has 6 nitrogen and oxygen atoms in total. The van der Waals surface area contributed by atoms with Crippen LogP contribution in [0.2, 0.25) is 0 Å². The van der Waals surface area contributed by atoms with Crippen molar-refractivity contribution in [2.75, 3.05) is 23.7 Å². The van der Waals surface area contributed by atoms with Gasteiger partial charge in [-0.1, -0.05) is 38.5 Å². The Bertz CT molecular complexity index is 1450. The van der Waals surface area contributed by atoms with Crippen LogP contribution >= 0.6 is 0 Å². The van der Waals surface area contributed by atoms with E-state index in [0.29, 0.717) is 17.1 Å². The van der Waals surface area contributed by atoms with E-state index >= 15 is 0 Å².